The molecule has 0 spiro atoms. The van der Waals surface area contributed by atoms with Gasteiger partial charge in [0.25, 0.3) is 0 Å². The fraction of sp³-hybridized carbons (Fsp3) is 0.263. The van der Waals surface area contributed by atoms with Gasteiger partial charge in [0.1, 0.15) is 11.6 Å². The Bertz CT molecular complexity index is 854. The fourth-order valence-corrected chi connectivity index (χ4v) is 3.46. The minimum Gasteiger partial charge on any atom is -0.352 e. The third-order valence-corrected chi connectivity index (χ3v) is 5.14. The number of benzene rings is 1. The van der Waals surface area contributed by atoms with Crippen LogP contribution in [-0.4, -0.2) is 21.5 Å². The number of rotatable bonds is 6. The highest BCUT2D eigenvalue weighted by molar-refractivity contribution is 7.13. The van der Waals surface area contributed by atoms with Crippen LogP contribution >= 0.6 is 22.9 Å². The van der Waals surface area contributed by atoms with E-state index in [0.717, 1.165) is 28.4 Å². The maximum absolute atomic E-state index is 12.2. The van der Waals surface area contributed by atoms with Crippen LogP contribution in [0.2, 0.25) is 5.02 Å². The van der Waals surface area contributed by atoms with Crippen molar-refractivity contribution in [2.75, 3.05) is 0 Å². The Hall–Kier alpha value is -2.11. The van der Waals surface area contributed by atoms with Crippen molar-refractivity contribution >= 4 is 28.8 Å². The van der Waals surface area contributed by atoms with Crippen LogP contribution in [-0.2, 0) is 11.3 Å². The van der Waals surface area contributed by atoms with Crippen LogP contribution < -0.4 is 5.32 Å². The molecule has 1 atom stereocenters. The molecule has 3 rings (SSSR count). The quantitative estimate of drug-likeness (QED) is 0.671. The minimum absolute atomic E-state index is 0.0151. The third kappa shape index (κ3) is 4.30. The molecule has 0 aliphatic carbocycles. The Morgan fingerprint density at radius 2 is 2.08 bits per heavy atom. The van der Waals surface area contributed by atoms with Gasteiger partial charge in [-0.3, -0.25) is 4.79 Å². The first-order valence-corrected chi connectivity index (χ1v) is 9.49. The average molecular weight is 374 g/mol. The smallest absolute Gasteiger partial charge is 0.240 e. The summed E-state index contributed by atoms with van der Waals surface area (Å²) in [6.07, 6.45) is 2.83. The Morgan fingerprint density at radius 3 is 2.80 bits per heavy atom. The lowest BCUT2D eigenvalue weighted by Gasteiger charge is -2.13. The lowest BCUT2D eigenvalue weighted by atomic mass is 10.2. The maximum Gasteiger partial charge on any atom is 0.240 e. The van der Waals surface area contributed by atoms with E-state index >= 15 is 0 Å². The molecule has 0 fully saturated rings. The highest BCUT2D eigenvalue weighted by Gasteiger charge is 2.13. The van der Waals surface area contributed by atoms with Gasteiger partial charge >= 0.3 is 0 Å². The fourth-order valence-electron chi connectivity index (χ4n) is 2.47. The second-order valence-electron chi connectivity index (χ2n) is 5.94. The Balaban J connectivity index is 1.78. The lowest BCUT2D eigenvalue weighted by Crippen LogP contribution is -2.34. The maximum atomic E-state index is 12.2. The van der Waals surface area contributed by atoms with E-state index < -0.39 is 0 Å². The van der Waals surface area contributed by atoms with Gasteiger partial charge in [-0.05, 0) is 37.6 Å². The van der Waals surface area contributed by atoms with Gasteiger partial charge in [0.15, 0.2) is 0 Å². The van der Waals surface area contributed by atoms with Crippen molar-refractivity contribution in [1.29, 1.82) is 0 Å². The molecular weight excluding hydrogens is 354 g/mol. The third-order valence-electron chi connectivity index (χ3n) is 4.03. The monoisotopic (exact) mass is 373 g/mol. The zero-order valence-corrected chi connectivity index (χ0v) is 15.8. The average Bonchev–Trinajstić information content (AvgIpc) is 3.24. The summed E-state index contributed by atoms with van der Waals surface area (Å²) < 4.78 is 1.93. The molecule has 2 heterocycles. The number of nitrogens with zero attached hydrogens (tertiary/aromatic N) is 2. The van der Waals surface area contributed by atoms with Gasteiger partial charge in [-0.15, -0.1) is 11.3 Å². The van der Waals surface area contributed by atoms with Crippen LogP contribution in [0.3, 0.4) is 0 Å². The molecule has 0 aliphatic heterocycles. The van der Waals surface area contributed by atoms with E-state index in [9.17, 15) is 4.79 Å². The summed E-state index contributed by atoms with van der Waals surface area (Å²) in [7, 11) is 0. The van der Waals surface area contributed by atoms with Crippen molar-refractivity contribution in [2.45, 2.75) is 32.9 Å². The van der Waals surface area contributed by atoms with Crippen LogP contribution in [0.1, 0.15) is 20.3 Å². The molecule has 130 valence electrons. The summed E-state index contributed by atoms with van der Waals surface area (Å²) in [5, 5.41) is 6.62. The van der Waals surface area contributed by atoms with E-state index in [-0.39, 0.29) is 11.9 Å². The Kier molecular flexibility index (Phi) is 5.56. The van der Waals surface area contributed by atoms with E-state index in [2.05, 4.69) is 12.2 Å². The molecule has 1 N–H and O–H groups in total. The van der Waals surface area contributed by atoms with Crippen molar-refractivity contribution < 1.29 is 4.79 Å². The second-order valence-corrected chi connectivity index (χ2v) is 7.24. The van der Waals surface area contributed by atoms with E-state index in [0.29, 0.717) is 11.6 Å². The van der Waals surface area contributed by atoms with Crippen molar-refractivity contribution in [3.63, 3.8) is 0 Å². The number of nitrogens with one attached hydrogen (secondary N) is 1. The van der Waals surface area contributed by atoms with Crippen LogP contribution in [0.4, 0.5) is 0 Å². The Morgan fingerprint density at radius 1 is 1.32 bits per heavy atom. The number of carbonyl (C=O) groups excluding carboxylic acids is 1. The van der Waals surface area contributed by atoms with Crippen molar-refractivity contribution in [2.24, 2.45) is 0 Å². The summed E-state index contributed by atoms with van der Waals surface area (Å²) in [5.41, 5.74) is 2.89. The van der Waals surface area contributed by atoms with E-state index in [1.807, 2.05) is 59.5 Å². The molecular formula is C19H20ClN3OS. The first-order valence-electron chi connectivity index (χ1n) is 8.23. The zero-order chi connectivity index (χ0) is 17.8. The molecule has 25 heavy (non-hydrogen) atoms. The first kappa shape index (κ1) is 17.7. The van der Waals surface area contributed by atoms with Gasteiger partial charge in [-0.2, -0.15) is 0 Å². The van der Waals surface area contributed by atoms with Gasteiger partial charge in [0.05, 0.1) is 11.4 Å². The van der Waals surface area contributed by atoms with Crippen molar-refractivity contribution in [3.05, 3.63) is 53.0 Å². The Labute approximate surface area is 156 Å². The number of amides is 1. The van der Waals surface area contributed by atoms with E-state index in [1.165, 1.54) is 0 Å². The molecule has 0 bridgehead atoms. The molecule has 6 heteroatoms. The number of carbonyl (C=O) groups is 1. The summed E-state index contributed by atoms with van der Waals surface area (Å²) in [6, 6.07) is 11.7. The molecule has 1 unspecified atom stereocenters. The number of hydrogen-bond acceptors (Lipinski definition) is 3. The summed E-state index contributed by atoms with van der Waals surface area (Å²) in [5.74, 6) is 0.0151. The van der Waals surface area contributed by atoms with Gasteiger partial charge < -0.3 is 9.88 Å². The summed E-state index contributed by atoms with van der Waals surface area (Å²) in [4.78, 5) is 16.9. The van der Waals surface area contributed by atoms with Gasteiger partial charge in [-0.25, -0.2) is 4.98 Å². The second kappa shape index (κ2) is 7.85. The molecule has 0 saturated carbocycles. The van der Waals surface area contributed by atoms with Gasteiger partial charge in [0.2, 0.25) is 5.91 Å². The van der Waals surface area contributed by atoms with Crippen LogP contribution in [0.25, 0.3) is 22.0 Å². The molecule has 4 nitrogen and oxygen atoms in total. The molecule has 1 aromatic carbocycles. The van der Waals surface area contributed by atoms with Crippen LogP contribution in [0, 0.1) is 0 Å². The number of hydrogen-bond donors (Lipinski definition) is 1. The normalized spacial score (nSPS) is 12.1. The highest BCUT2D eigenvalue weighted by atomic mass is 35.5. The molecule has 0 saturated heterocycles. The van der Waals surface area contributed by atoms with Crippen LogP contribution in [0.5, 0.6) is 0 Å². The molecule has 2 aromatic heterocycles. The predicted molar refractivity (Wildman–Crippen MR) is 104 cm³/mol. The van der Waals surface area contributed by atoms with Crippen molar-refractivity contribution in [3.8, 4) is 22.0 Å². The van der Waals surface area contributed by atoms with E-state index in [4.69, 9.17) is 16.6 Å². The van der Waals surface area contributed by atoms with Gasteiger partial charge in [0, 0.05) is 28.2 Å². The highest BCUT2D eigenvalue weighted by Crippen LogP contribution is 2.29. The predicted octanol–water partition coefficient (Wildman–Crippen LogP) is 4.85. The topological polar surface area (TPSA) is 46.9 Å². The molecule has 1 amide bonds. The lowest BCUT2D eigenvalue weighted by molar-refractivity contribution is -0.122. The SMILES string of the molecule is CCC(C)NC(=O)Cn1cccc1-c1nc(-c2ccc(Cl)cc2)cs1. The summed E-state index contributed by atoms with van der Waals surface area (Å²) >= 11 is 7.51. The molecule has 3 aromatic rings. The molecule has 0 aliphatic rings. The van der Waals surface area contributed by atoms with Crippen LogP contribution in [0.15, 0.2) is 48.0 Å². The number of halogens is 1. The zero-order valence-electron chi connectivity index (χ0n) is 14.2. The minimum atomic E-state index is 0.0151. The largest absolute Gasteiger partial charge is 0.352 e. The standard InChI is InChI=1S/C19H20ClN3OS/c1-3-13(2)21-18(24)11-23-10-4-5-17(23)19-22-16(12-25-19)14-6-8-15(20)9-7-14/h4-10,12-13H,3,11H2,1-2H3,(H,21,24). The summed E-state index contributed by atoms with van der Waals surface area (Å²) in [6.45, 7) is 4.36. The number of aromatic nitrogens is 2. The van der Waals surface area contributed by atoms with Crippen molar-refractivity contribution in [1.82, 2.24) is 14.9 Å². The van der Waals surface area contributed by atoms with E-state index in [1.54, 1.807) is 11.3 Å². The number of thiazole rings is 1. The first-order chi connectivity index (χ1) is 12.1. The van der Waals surface area contributed by atoms with Gasteiger partial charge in [-0.1, -0.05) is 30.7 Å². The molecule has 0 radical (unpaired) electrons.